The standard InChI is InChI=1S/C43H57NO4/c1-31-10-12-32(13-11-31)26-33-14-20-36(21-15-33)44(30-41(2,3)4)27-37(45)28-47-38-22-16-34(17-23-38)43(8,9)35-18-24-39(25-19-35)48-29-40(46)42(5,6)7/h10-25,37,40,45-46H,26-30H2,1-9H3. The van der Waals surface area contributed by atoms with Gasteiger partial charge in [-0.3, -0.25) is 0 Å². The van der Waals surface area contributed by atoms with Gasteiger partial charge < -0.3 is 24.6 Å². The number of hydrogen-bond acceptors (Lipinski definition) is 5. The molecule has 0 aliphatic rings. The smallest absolute Gasteiger partial charge is 0.119 e. The summed E-state index contributed by atoms with van der Waals surface area (Å²) >= 11 is 0. The van der Waals surface area contributed by atoms with E-state index in [0.717, 1.165) is 41.3 Å². The largest absolute Gasteiger partial charge is 0.491 e. The highest BCUT2D eigenvalue weighted by Crippen LogP contribution is 2.34. The van der Waals surface area contributed by atoms with Crippen LogP contribution in [0, 0.1) is 17.8 Å². The summed E-state index contributed by atoms with van der Waals surface area (Å²) in [5, 5.41) is 21.4. The summed E-state index contributed by atoms with van der Waals surface area (Å²) in [5.41, 5.74) is 6.88. The van der Waals surface area contributed by atoms with Crippen molar-refractivity contribution in [2.24, 2.45) is 10.8 Å². The fourth-order valence-corrected chi connectivity index (χ4v) is 5.63. The monoisotopic (exact) mass is 651 g/mol. The van der Waals surface area contributed by atoms with E-state index in [-0.39, 0.29) is 29.5 Å². The quantitative estimate of drug-likeness (QED) is 0.143. The molecule has 0 saturated carbocycles. The van der Waals surface area contributed by atoms with Crippen molar-refractivity contribution in [3.05, 3.63) is 125 Å². The summed E-state index contributed by atoms with van der Waals surface area (Å²) in [6, 6.07) is 33.7. The van der Waals surface area contributed by atoms with E-state index >= 15 is 0 Å². The predicted molar refractivity (Wildman–Crippen MR) is 200 cm³/mol. The Morgan fingerprint density at radius 1 is 0.604 bits per heavy atom. The van der Waals surface area contributed by atoms with E-state index in [1.165, 1.54) is 16.7 Å². The van der Waals surface area contributed by atoms with Crippen molar-refractivity contribution in [3.8, 4) is 11.5 Å². The number of rotatable bonds is 14. The topological polar surface area (TPSA) is 62.2 Å². The van der Waals surface area contributed by atoms with Crippen LogP contribution in [0.15, 0.2) is 97.1 Å². The Morgan fingerprint density at radius 3 is 1.52 bits per heavy atom. The molecular weight excluding hydrogens is 594 g/mol. The predicted octanol–water partition coefficient (Wildman–Crippen LogP) is 8.99. The third-order valence-corrected chi connectivity index (χ3v) is 8.93. The molecule has 4 aromatic carbocycles. The van der Waals surface area contributed by atoms with Gasteiger partial charge in [0.1, 0.15) is 30.8 Å². The van der Waals surface area contributed by atoms with Gasteiger partial charge in [-0.05, 0) is 82.8 Å². The van der Waals surface area contributed by atoms with Gasteiger partial charge in [-0.15, -0.1) is 0 Å². The lowest BCUT2D eigenvalue weighted by Gasteiger charge is -2.33. The van der Waals surface area contributed by atoms with E-state index in [1.54, 1.807) is 0 Å². The Kier molecular flexibility index (Phi) is 12.0. The SMILES string of the molecule is Cc1ccc(Cc2ccc(N(CC(O)COc3ccc(C(C)(C)c4ccc(OCC(O)C(C)(C)C)cc4)cc3)CC(C)(C)C)cc2)cc1. The molecule has 0 aliphatic carbocycles. The fourth-order valence-electron chi connectivity index (χ4n) is 5.63. The second-order valence-electron chi connectivity index (χ2n) is 16.1. The van der Waals surface area contributed by atoms with Crippen molar-refractivity contribution in [1.82, 2.24) is 0 Å². The van der Waals surface area contributed by atoms with Crippen LogP contribution in [0.3, 0.4) is 0 Å². The number of aliphatic hydroxyl groups excluding tert-OH is 2. The summed E-state index contributed by atoms with van der Waals surface area (Å²) in [7, 11) is 0. The van der Waals surface area contributed by atoms with Gasteiger partial charge in [-0.1, -0.05) is 122 Å². The zero-order valence-electron chi connectivity index (χ0n) is 30.6. The van der Waals surface area contributed by atoms with E-state index in [2.05, 4.69) is 119 Å². The van der Waals surface area contributed by atoms with Gasteiger partial charge in [0.2, 0.25) is 0 Å². The number of benzene rings is 4. The van der Waals surface area contributed by atoms with Gasteiger partial charge in [-0.25, -0.2) is 0 Å². The van der Waals surface area contributed by atoms with Crippen molar-refractivity contribution < 1.29 is 19.7 Å². The average Bonchev–Trinajstić information content (AvgIpc) is 3.03. The third kappa shape index (κ3) is 10.9. The van der Waals surface area contributed by atoms with Gasteiger partial charge in [0.15, 0.2) is 0 Å². The lowest BCUT2D eigenvalue weighted by atomic mass is 9.78. The lowest BCUT2D eigenvalue weighted by molar-refractivity contribution is 0.0218. The number of aliphatic hydroxyl groups is 2. The van der Waals surface area contributed by atoms with E-state index in [4.69, 9.17) is 9.47 Å². The Balaban J connectivity index is 1.33. The highest BCUT2D eigenvalue weighted by Gasteiger charge is 2.25. The highest BCUT2D eigenvalue weighted by molar-refractivity contribution is 5.49. The Labute approximate surface area is 289 Å². The van der Waals surface area contributed by atoms with Crippen LogP contribution in [-0.2, 0) is 11.8 Å². The Morgan fingerprint density at radius 2 is 1.06 bits per heavy atom. The van der Waals surface area contributed by atoms with Crippen molar-refractivity contribution in [3.63, 3.8) is 0 Å². The molecular formula is C43H57NO4. The zero-order valence-corrected chi connectivity index (χ0v) is 30.6. The molecule has 0 spiro atoms. The maximum atomic E-state index is 11.1. The van der Waals surface area contributed by atoms with Crippen molar-refractivity contribution in [1.29, 1.82) is 0 Å². The van der Waals surface area contributed by atoms with Crippen molar-refractivity contribution in [2.75, 3.05) is 31.2 Å². The number of hydrogen-bond donors (Lipinski definition) is 2. The van der Waals surface area contributed by atoms with Crippen LogP contribution < -0.4 is 14.4 Å². The molecule has 4 aromatic rings. The first-order chi connectivity index (χ1) is 22.5. The average molecular weight is 652 g/mol. The van der Waals surface area contributed by atoms with Gasteiger partial charge in [0.05, 0.1) is 6.10 Å². The van der Waals surface area contributed by atoms with Crippen LogP contribution >= 0.6 is 0 Å². The molecule has 0 aromatic heterocycles. The van der Waals surface area contributed by atoms with Crippen molar-refractivity contribution >= 4 is 5.69 Å². The first kappa shape index (κ1) is 37.0. The maximum absolute atomic E-state index is 11.1. The molecule has 0 bridgehead atoms. The minimum atomic E-state index is -0.652. The molecule has 48 heavy (non-hydrogen) atoms. The molecule has 0 amide bonds. The van der Waals surface area contributed by atoms with Gasteiger partial charge >= 0.3 is 0 Å². The molecule has 0 aliphatic heterocycles. The molecule has 2 N–H and O–H groups in total. The first-order valence-corrected chi connectivity index (χ1v) is 17.2. The van der Waals surface area contributed by atoms with Crippen molar-refractivity contribution in [2.45, 2.75) is 86.4 Å². The molecule has 0 heterocycles. The summed E-state index contributed by atoms with van der Waals surface area (Å²) in [6.07, 6.45) is -0.289. The summed E-state index contributed by atoms with van der Waals surface area (Å²) in [6.45, 7) is 20.9. The molecule has 258 valence electrons. The zero-order chi connectivity index (χ0) is 35.1. The molecule has 5 heteroatoms. The van der Waals surface area contributed by atoms with E-state index in [1.807, 2.05) is 45.0 Å². The van der Waals surface area contributed by atoms with Gasteiger partial charge in [-0.2, -0.15) is 0 Å². The minimum Gasteiger partial charge on any atom is -0.491 e. The van der Waals surface area contributed by atoms with Crippen LogP contribution in [0.5, 0.6) is 11.5 Å². The van der Waals surface area contributed by atoms with Gasteiger partial charge in [0, 0.05) is 24.2 Å². The summed E-state index contributed by atoms with van der Waals surface area (Å²) in [5.74, 6) is 1.48. The summed E-state index contributed by atoms with van der Waals surface area (Å²) in [4.78, 5) is 2.26. The normalized spacial score (nSPS) is 13.6. The number of nitrogens with zero attached hydrogens (tertiary/aromatic N) is 1. The second kappa shape index (κ2) is 15.6. The molecule has 0 radical (unpaired) electrons. The lowest BCUT2D eigenvalue weighted by Crippen LogP contribution is -2.40. The van der Waals surface area contributed by atoms with Crippen LogP contribution in [-0.4, -0.2) is 48.7 Å². The second-order valence-corrected chi connectivity index (χ2v) is 16.1. The maximum Gasteiger partial charge on any atom is 0.119 e. The van der Waals surface area contributed by atoms with Crippen LogP contribution in [0.4, 0.5) is 5.69 Å². The van der Waals surface area contributed by atoms with E-state index < -0.39 is 12.2 Å². The molecule has 2 unspecified atom stereocenters. The number of anilines is 1. The van der Waals surface area contributed by atoms with E-state index in [0.29, 0.717) is 6.54 Å². The van der Waals surface area contributed by atoms with Crippen LogP contribution in [0.1, 0.15) is 83.2 Å². The molecule has 5 nitrogen and oxygen atoms in total. The van der Waals surface area contributed by atoms with E-state index in [9.17, 15) is 10.2 Å². The molecule has 0 saturated heterocycles. The molecule has 2 atom stereocenters. The molecule has 4 rings (SSSR count). The van der Waals surface area contributed by atoms with Gasteiger partial charge in [0.25, 0.3) is 0 Å². The Hall–Kier alpha value is -3.80. The fraction of sp³-hybridized carbons (Fsp3) is 0.442. The molecule has 0 fully saturated rings. The highest BCUT2D eigenvalue weighted by atomic mass is 16.5. The van der Waals surface area contributed by atoms with Crippen LogP contribution in [0.25, 0.3) is 0 Å². The third-order valence-electron chi connectivity index (χ3n) is 8.93. The van der Waals surface area contributed by atoms with Crippen LogP contribution in [0.2, 0.25) is 0 Å². The Bertz CT molecular complexity index is 1540. The minimum absolute atomic E-state index is 0.0614. The summed E-state index contributed by atoms with van der Waals surface area (Å²) < 4.78 is 11.9. The number of aryl methyl sites for hydroxylation is 1. The number of ether oxygens (including phenoxy) is 2. The first-order valence-electron chi connectivity index (χ1n) is 17.2.